The number of aliphatic hydroxyl groups excluding tert-OH is 1. The van der Waals surface area contributed by atoms with Crippen LogP contribution in [0.1, 0.15) is 85.0 Å². The fourth-order valence-corrected chi connectivity index (χ4v) is 2.96. The van der Waals surface area contributed by atoms with Crippen molar-refractivity contribution in [1.82, 2.24) is 0 Å². The van der Waals surface area contributed by atoms with Crippen LogP contribution < -0.4 is 0 Å². The van der Waals surface area contributed by atoms with E-state index in [2.05, 4.69) is 19.1 Å². The first-order chi connectivity index (χ1) is 12.4. The number of ether oxygens (including phenoxy) is 1. The van der Waals surface area contributed by atoms with Crippen molar-refractivity contribution in [3.05, 3.63) is 24.3 Å². The summed E-state index contributed by atoms with van der Waals surface area (Å²) in [6.07, 6.45) is 18.5. The number of hydrogen-bond donors (Lipinski definition) is 2. The van der Waals surface area contributed by atoms with E-state index >= 15 is 0 Å². The van der Waals surface area contributed by atoms with Crippen molar-refractivity contribution in [3.8, 4) is 0 Å². The van der Waals surface area contributed by atoms with E-state index in [9.17, 15) is 9.90 Å². The Morgan fingerprint density at radius 1 is 1.12 bits per heavy atom. The molecule has 4 nitrogen and oxygen atoms in total. The Kier molecular flexibility index (Phi) is 10.8. The van der Waals surface area contributed by atoms with Gasteiger partial charge in [-0.25, -0.2) is 0 Å². The molecule has 0 aliphatic carbocycles. The number of rotatable bonds is 15. The summed E-state index contributed by atoms with van der Waals surface area (Å²) in [5, 5.41) is 19.2. The molecule has 0 radical (unpaired) electrons. The summed E-state index contributed by atoms with van der Waals surface area (Å²) >= 11 is 0. The zero-order chi connectivity index (χ0) is 19.4. The summed E-state index contributed by atoms with van der Waals surface area (Å²) in [6, 6.07) is 0. The van der Waals surface area contributed by atoms with Crippen molar-refractivity contribution < 1.29 is 19.7 Å². The van der Waals surface area contributed by atoms with E-state index in [1.54, 1.807) is 19.9 Å². The van der Waals surface area contributed by atoms with Gasteiger partial charge < -0.3 is 14.9 Å². The summed E-state index contributed by atoms with van der Waals surface area (Å²) in [4.78, 5) is 11.1. The van der Waals surface area contributed by atoms with Crippen molar-refractivity contribution in [2.24, 2.45) is 5.41 Å². The monoisotopic (exact) mass is 366 g/mol. The highest BCUT2D eigenvalue weighted by molar-refractivity contribution is 5.73. The van der Waals surface area contributed by atoms with Gasteiger partial charge in [-0.1, -0.05) is 63.3 Å². The van der Waals surface area contributed by atoms with Crippen LogP contribution in [-0.4, -0.2) is 34.5 Å². The number of carboxylic acids is 1. The summed E-state index contributed by atoms with van der Waals surface area (Å²) in [5.41, 5.74) is -0.738. The first-order valence-corrected chi connectivity index (χ1v) is 10.3. The molecule has 26 heavy (non-hydrogen) atoms. The van der Waals surface area contributed by atoms with E-state index in [0.717, 1.165) is 12.8 Å². The van der Waals surface area contributed by atoms with Gasteiger partial charge in [0.15, 0.2) is 0 Å². The van der Waals surface area contributed by atoms with Crippen LogP contribution in [0.5, 0.6) is 0 Å². The van der Waals surface area contributed by atoms with Gasteiger partial charge in [-0.15, -0.1) is 0 Å². The molecule has 0 aromatic carbocycles. The lowest BCUT2D eigenvalue weighted by Gasteiger charge is -2.17. The lowest BCUT2D eigenvalue weighted by Crippen LogP contribution is -2.24. The predicted octanol–water partition coefficient (Wildman–Crippen LogP) is 5.26. The highest BCUT2D eigenvalue weighted by Gasteiger charge is 2.44. The standard InChI is InChI=1S/C22H38O4/c1-4-5-6-7-8-9-10-11-12-13-14-15-18(23)20-19(26-20)16-17-22(2,3)21(24)25/h11-12,14-15,18-20,23H,4-10,13,16-17H2,1-3H3,(H,24,25)/b12-11-,15-14-. The zero-order valence-corrected chi connectivity index (χ0v) is 16.8. The number of allylic oxidation sites excluding steroid dienone is 3. The minimum atomic E-state index is -0.789. The Labute approximate surface area is 159 Å². The molecule has 2 N–H and O–H groups in total. The molecule has 3 atom stereocenters. The van der Waals surface area contributed by atoms with Gasteiger partial charge >= 0.3 is 5.97 Å². The summed E-state index contributed by atoms with van der Waals surface area (Å²) in [7, 11) is 0. The lowest BCUT2D eigenvalue weighted by molar-refractivity contribution is -0.147. The smallest absolute Gasteiger partial charge is 0.309 e. The first-order valence-electron chi connectivity index (χ1n) is 10.3. The molecule has 3 unspecified atom stereocenters. The SMILES string of the molecule is CCCCCCCC/C=C\C/C=C\C(O)C1OC1CCC(C)(C)C(=O)O. The number of epoxide rings is 1. The molecular formula is C22H38O4. The van der Waals surface area contributed by atoms with Crippen LogP contribution in [0.15, 0.2) is 24.3 Å². The average molecular weight is 367 g/mol. The van der Waals surface area contributed by atoms with Crippen molar-refractivity contribution in [2.45, 2.75) is 103 Å². The molecule has 0 amide bonds. The van der Waals surface area contributed by atoms with Crippen molar-refractivity contribution in [2.75, 3.05) is 0 Å². The topological polar surface area (TPSA) is 70.1 Å². The fourth-order valence-electron chi connectivity index (χ4n) is 2.96. The molecule has 1 rings (SSSR count). The molecule has 1 aliphatic rings. The molecule has 0 spiro atoms. The summed E-state index contributed by atoms with van der Waals surface area (Å²) < 4.78 is 5.49. The number of carboxylic acid groups (broad SMARTS) is 1. The maximum Gasteiger partial charge on any atom is 0.309 e. The normalized spacial score (nSPS) is 21.5. The van der Waals surface area contributed by atoms with Gasteiger partial charge in [0.05, 0.1) is 11.5 Å². The van der Waals surface area contributed by atoms with Crippen LogP contribution in [0.25, 0.3) is 0 Å². The van der Waals surface area contributed by atoms with Gasteiger partial charge in [0.1, 0.15) is 12.2 Å². The number of carbonyl (C=O) groups is 1. The minimum Gasteiger partial charge on any atom is -0.481 e. The molecular weight excluding hydrogens is 328 g/mol. The van der Waals surface area contributed by atoms with Gasteiger partial charge in [0.25, 0.3) is 0 Å². The molecule has 0 aromatic rings. The van der Waals surface area contributed by atoms with E-state index in [1.165, 1.54) is 38.5 Å². The third kappa shape index (κ3) is 9.54. The molecule has 1 fully saturated rings. The molecule has 4 heteroatoms. The Bertz CT molecular complexity index is 453. The summed E-state index contributed by atoms with van der Waals surface area (Å²) in [5.74, 6) is -0.789. The molecule has 150 valence electrons. The van der Waals surface area contributed by atoms with Gasteiger partial charge in [0, 0.05) is 0 Å². The number of aliphatic carboxylic acids is 1. The molecule has 0 aromatic heterocycles. The molecule has 0 bridgehead atoms. The van der Waals surface area contributed by atoms with Crippen molar-refractivity contribution in [3.63, 3.8) is 0 Å². The van der Waals surface area contributed by atoms with Gasteiger partial charge in [-0.3, -0.25) is 4.79 Å². The third-order valence-electron chi connectivity index (χ3n) is 5.09. The van der Waals surface area contributed by atoms with E-state index in [4.69, 9.17) is 9.84 Å². The molecule has 0 saturated carbocycles. The Balaban J connectivity index is 2.06. The first kappa shape index (κ1) is 22.9. The van der Waals surface area contributed by atoms with Crippen molar-refractivity contribution >= 4 is 5.97 Å². The second-order valence-corrected chi connectivity index (χ2v) is 8.05. The third-order valence-corrected chi connectivity index (χ3v) is 5.09. The largest absolute Gasteiger partial charge is 0.481 e. The van der Waals surface area contributed by atoms with Crippen LogP contribution in [0.3, 0.4) is 0 Å². The number of unbranched alkanes of at least 4 members (excludes halogenated alkanes) is 6. The van der Waals surface area contributed by atoms with Crippen molar-refractivity contribution in [1.29, 1.82) is 0 Å². The molecule has 1 saturated heterocycles. The second-order valence-electron chi connectivity index (χ2n) is 8.05. The fraction of sp³-hybridized carbons (Fsp3) is 0.773. The van der Waals surface area contributed by atoms with E-state index in [0.29, 0.717) is 12.8 Å². The van der Waals surface area contributed by atoms with Crippen LogP contribution in [0, 0.1) is 5.41 Å². The molecule has 1 heterocycles. The lowest BCUT2D eigenvalue weighted by atomic mass is 9.87. The highest BCUT2D eigenvalue weighted by atomic mass is 16.6. The maximum absolute atomic E-state index is 11.1. The van der Waals surface area contributed by atoms with Crippen LogP contribution in [0.4, 0.5) is 0 Å². The molecule has 1 aliphatic heterocycles. The van der Waals surface area contributed by atoms with E-state index in [1.807, 2.05) is 6.08 Å². The van der Waals surface area contributed by atoms with E-state index in [-0.39, 0.29) is 12.2 Å². The summed E-state index contributed by atoms with van der Waals surface area (Å²) in [6.45, 7) is 5.68. The quantitative estimate of drug-likeness (QED) is 0.236. The second kappa shape index (κ2) is 12.3. The highest BCUT2D eigenvalue weighted by Crippen LogP contribution is 2.34. The average Bonchev–Trinajstić information content (AvgIpc) is 3.37. The maximum atomic E-state index is 11.1. The van der Waals surface area contributed by atoms with Gasteiger partial charge in [-0.05, 0) is 46.0 Å². The van der Waals surface area contributed by atoms with Gasteiger partial charge in [0.2, 0.25) is 0 Å². The number of hydrogen-bond acceptors (Lipinski definition) is 3. The minimum absolute atomic E-state index is 0.0171. The number of aliphatic hydroxyl groups is 1. The van der Waals surface area contributed by atoms with Gasteiger partial charge in [-0.2, -0.15) is 0 Å². The Morgan fingerprint density at radius 3 is 2.50 bits per heavy atom. The van der Waals surface area contributed by atoms with Crippen LogP contribution >= 0.6 is 0 Å². The van der Waals surface area contributed by atoms with Crippen LogP contribution in [0.2, 0.25) is 0 Å². The Morgan fingerprint density at radius 2 is 1.81 bits per heavy atom. The Hall–Kier alpha value is -1.13. The predicted molar refractivity (Wildman–Crippen MR) is 106 cm³/mol. The zero-order valence-electron chi connectivity index (χ0n) is 16.8. The van der Waals surface area contributed by atoms with E-state index < -0.39 is 17.5 Å². The van der Waals surface area contributed by atoms with Crippen LogP contribution in [-0.2, 0) is 9.53 Å².